The van der Waals surface area contributed by atoms with Crippen LogP contribution in [0.4, 0.5) is 5.95 Å². The third-order valence-corrected chi connectivity index (χ3v) is 3.44. The molecule has 0 bridgehead atoms. The van der Waals surface area contributed by atoms with Crippen molar-refractivity contribution in [2.45, 2.75) is 11.2 Å². The van der Waals surface area contributed by atoms with E-state index >= 15 is 0 Å². The van der Waals surface area contributed by atoms with E-state index in [9.17, 15) is 4.79 Å². The van der Waals surface area contributed by atoms with Crippen LogP contribution in [0.5, 0.6) is 0 Å². The highest BCUT2D eigenvalue weighted by molar-refractivity contribution is 9.09. The van der Waals surface area contributed by atoms with E-state index in [4.69, 9.17) is 11.6 Å². The molecule has 2 aromatic rings. The molecule has 0 saturated carbocycles. The Balaban J connectivity index is 2.03. The maximum Gasteiger partial charge on any atom is 0.252 e. The minimum Gasteiger partial charge on any atom is -0.278 e. The molecule has 3 heterocycles. The van der Waals surface area contributed by atoms with Gasteiger partial charge >= 0.3 is 0 Å². The number of nitrogens with zero attached hydrogens (tertiary/aromatic N) is 4. The normalized spacial score (nSPS) is 20.5. The first-order chi connectivity index (χ1) is 8.13. The Bertz CT molecular complexity index is 599. The summed E-state index contributed by atoms with van der Waals surface area (Å²) < 4.78 is 1.58. The second-order valence-electron chi connectivity index (χ2n) is 3.87. The fourth-order valence-electron chi connectivity index (χ4n) is 1.82. The molecule has 1 aliphatic heterocycles. The molecule has 0 spiro atoms. The number of fused-ring (bicyclic) bond motifs is 1. The van der Waals surface area contributed by atoms with Crippen molar-refractivity contribution in [3.05, 3.63) is 23.4 Å². The third-order valence-electron chi connectivity index (χ3n) is 2.60. The van der Waals surface area contributed by atoms with Gasteiger partial charge in [0.15, 0.2) is 5.65 Å². The zero-order chi connectivity index (χ0) is 12.0. The number of aromatic nitrogens is 3. The van der Waals surface area contributed by atoms with Crippen molar-refractivity contribution in [2.75, 3.05) is 11.4 Å². The third kappa shape index (κ3) is 1.91. The Labute approximate surface area is 111 Å². The number of hydrogen-bond acceptors (Lipinski definition) is 3. The van der Waals surface area contributed by atoms with Gasteiger partial charge in [-0.15, -0.1) is 5.10 Å². The van der Waals surface area contributed by atoms with Gasteiger partial charge in [0.2, 0.25) is 5.91 Å². The van der Waals surface area contributed by atoms with Gasteiger partial charge in [0.1, 0.15) is 0 Å². The van der Waals surface area contributed by atoms with Crippen LogP contribution >= 0.6 is 27.5 Å². The number of carbonyl (C=O) groups excluding carboxylic acids is 1. The highest BCUT2D eigenvalue weighted by atomic mass is 79.9. The summed E-state index contributed by atoms with van der Waals surface area (Å²) in [5.74, 6) is 0.466. The number of amides is 1. The molecular formula is C10H8BrClN4O. The molecule has 7 heteroatoms. The van der Waals surface area contributed by atoms with Crippen LogP contribution in [0, 0.1) is 0 Å². The molecule has 17 heavy (non-hydrogen) atoms. The number of pyridine rings is 1. The lowest BCUT2D eigenvalue weighted by Gasteiger charge is -2.09. The monoisotopic (exact) mass is 314 g/mol. The molecule has 1 amide bonds. The van der Waals surface area contributed by atoms with Gasteiger partial charge in [0.05, 0.1) is 5.02 Å². The van der Waals surface area contributed by atoms with E-state index in [1.165, 1.54) is 0 Å². The van der Waals surface area contributed by atoms with Gasteiger partial charge < -0.3 is 0 Å². The summed E-state index contributed by atoms with van der Waals surface area (Å²) in [6.07, 6.45) is 2.15. The quantitative estimate of drug-likeness (QED) is 0.755. The smallest absolute Gasteiger partial charge is 0.252 e. The highest BCUT2D eigenvalue weighted by Crippen LogP contribution is 2.23. The summed E-state index contributed by atoms with van der Waals surface area (Å²) in [6, 6.07) is 3.51. The van der Waals surface area contributed by atoms with Gasteiger partial charge in [0, 0.05) is 24.0 Å². The zero-order valence-electron chi connectivity index (χ0n) is 8.68. The summed E-state index contributed by atoms with van der Waals surface area (Å²) in [5, 5.41) is 4.83. The highest BCUT2D eigenvalue weighted by Gasteiger charge is 2.31. The maximum atomic E-state index is 11.7. The van der Waals surface area contributed by atoms with E-state index in [0.29, 0.717) is 29.6 Å². The van der Waals surface area contributed by atoms with E-state index in [2.05, 4.69) is 26.0 Å². The average Bonchev–Trinajstić information content (AvgIpc) is 2.80. The molecule has 0 aliphatic carbocycles. The van der Waals surface area contributed by atoms with Crippen LogP contribution in [0.2, 0.25) is 5.02 Å². The second kappa shape index (κ2) is 3.96. The van der Waals surface area contributed by atoms with E-state index < -0.39 is 0 Å². The summed E-state index contributed by atoms with van der Waals surface area (Å²) in [4.78, 5) is 17.8. The lowest BCUT2D eigenvalue weighted by molar-refractivity contribution is -0.117. The predicted octanol–water partition coefficient (Wildman–Crippen LogP) is 1.88. The van der Waals surface area contributed by atoms with Crippen LogP contribution in [-0.4, -0.2) is 31.9 Å². The van der Waals surface area contributed by atoms with Crippen molar-refractivity contribution in [3.8, 4) is 0 Å². The molecule has 1 aliphatic rings. The minimum absolute atomic E-state index is 0.0360. The van der Waals surface area contributed by atoms with Crippen molar-refractivity contribution < 1.29 is 4.79 Å². The van der Waals surface area contributed by atoms with Crippen molar-refractivity contribution in [1.29, 1.82) is 0 Å². The summed E-state index contributed by atoms with van der Waals surface area (Å²) in [6.45, 7) is 0.601. The standard InChI is InChI=1S/C10H8BrClN4O/c11-6-3-9(17)15(4-6)10-13-8-2-1-7(12)5-16(8)14-10/h1-2,5-6H,3-4H2. The first kappa shape index (κ1) is 11.0. The largest absolute Gasteiger partial charge is 0.278 e. The Morgan fingerprint density at radius 2 is 2.29 bits per heavy atom. The summed E-state index contributed by atoms with van der Waals surface area (Å²) >= 11 is 9.29. The van der Waals surface area contributed by atoms with Crippen LogP contribution in [0.25, 0.3) is 5.65 Å². The van der Waals surface area contributed by atoms with Crippen LogP contribution in [0.3, 0.4) is 0 Å². The Morgan fingerprint density at radius 1 is 1.47 bits per heavy atom. The Morgan fingerprint density at radius 3 is 3.00 bits per heavy atom. The lowest BCUT2D eigenvalue weighted by Crippen LogP contribution is -2.25. The lowest BCUT2D eigenvalue weighted by atomic mass is 10.4. The van der Waals surface area contributed by atoms with Gasteiger partial charge in [-0.05, 0) is 12.1 Å². The van der Waals surface area contributed by atoms with E-state index in [1.807, 2.05) is 0 Å². The van der Waals surface area contributed by atoms with Gasteiger partial charge in [0.25, 0.3) is 5.95 Å². The van der Waals surface area contributed by atoms with Gasteiger partial charge in [-0.3, -0.25) is 9.69 Å². The number of hydrogen-bond donors (Lipinski definition) is 0. The first-order valence-electron chi connectivity index (χ1n) is 5.10. The van der Waals surface area contributed by atoms with Crippen LogP contribution < -0.4 is 4.90 Å². The molecule has 5 nitrogen and oxygen atoms in total. The first-order valence-corrected chi connectivity index (χ1v) is 6.39. The second-order valence-corrected chi connectivity index (χ2v) is 5.60. The van der Waals surface area contributed by atoms with Crippen LogP contribution in [0.15, 0.2) is 18.3 Å². The predicted molar refractivity (Wildman–Crippen MR) is 67.7 cm³/mol. The van der Waals surface area contributed by atoms with Gasteiger partial charge in [-0.2, -0.15) is 4.98 Å². The molecule has 1 atom stereocenters. The molecule has 1 fully saturated rings. The average molecular weight is 316 g/mol. The number of halogens is 2. The SMILES string of the molecule is O=C1CC(Br)CN1c1nc2ccc(Cl)cn2n1. The van der Waals surface area contributed by atoms with Crippen LogP contribution in [-0.2, 0) is 4.79 Å². The molecule has 0 N–H and O–H groups in total. The molecule has 3 rings (SSSR count). The van der Waals surface area contributed by atoms with Crippen molar-refractivity contribution in [3.63, 3.8) is 0 Å². The molecule has 0 radical (unpaired) electrons. The minimum atomic E-state index is 0.0360. The Hall–Kier alpha value is -1.14. The van der Waals surface area contributed by atoms with Crippen LogP contribution in [0.1, 0.15) is 6.42 Å². The summed E-state index contributed by atoms with van der Waals surface area (Å²) in [5.41, 5.74) is 0.676. The molecule has 88 valence electrons. The van der Waals surface area contributed by atoms with Gasteiger partial charge in [-0.1, -0.05) is 27.5 Å². The molecule has 1 unspecified atom stereocenters. The Kier molecular flexibility index (Phi) is 2.56. The molecule has 2 aromatic heterocycles. The molecule has 1 saturated heterocycles. The molecule has 0 aromatic carbocycles. The fourth-order valence-corrected chi connectivity index (χ4v) is 2.54. The maximum absolute atomic E-state index is 11.7. The number of rotatable bonds is 1. The number of anilines is 1. The van der Waals surface area contributed by atoms with Crippen molar-refractivity contribution >= 4 is 45.0 Å². The van der Waals surface area contributed by atoms with Gasteiger partial charge in [-0.25, -0.2) is 4.52 Å². The number of carbonyl (C=O) groups is 1. The van der Waals surface area contributed by atoms with E-state index in [1.54, 1.807) is 27.7 Å². The summed E-state index contributed by atoms with van der Waals surface area (Å²) in [7, 11) is 0. The van der Waals surface area contributed by atoms with E-state index in [-0.39, 0.29) is 10.7 Å². The van der Waals surface area contributed by atoms with Crippen molar-refractivity contribution in [1.82, 2.24) is 14.6 Å². The zero-order valence-corrected chi connectivity index (χ0v) is 11.0. The van der Waals surface area contributed by atoms with Crippen molar-refractivity contribution in [2.24, 2.45) is 0 Å². The molecular weight excluding hydrogens is 307 g/mol. The topological polar surface area (TPSA) is 50.5 Å². The van der Waals surface area contributed by atoms with E-state index in [0.717, 1.165) is 0 Å². The fraction of sp³-hybridized carbons (Fsp3) is 0.300. The number of alkyl halides is 1.